The average molecular weight is 251 g/mol. The molecule has 2 N–H and O–H groups in total. The molecule has 0 radical (unpaired) electrons. The second-order valence-corrected chi connectivity index (χ2v) is 5.67. The number of nitrogens with one attached hydrogen (secondary N) is 1. The van der Waals surface area contributed by atoms with Gasteiger partial charge in [0.15, 0.2) is 0 Å². The summed E-state index contributed by atoms with van der Waals surface area (Å²) in [5.74, 6) is 0.208. The molecule has 1 amide bonds. The Labute approximate surface area is 108 Å². The van der Waals surface area contributed by atoms with Crippen LogP contribution in [-0.4, -0.2) is 17.6 Å². The molecule has 0 saturated carbocycles. The molecular weight excluding hydrogens is 230 g/mol. The van der Waals surface area contributed by atoms with Crippen LogP contribution in [0.25, 0.3) is 0 Å². The maximum atomic E-state index is 11.6. The summed E-state index contributed by atoms with van der Waals surface area (Å²) in [6, 6.07) is 3.38. The Balaban J connectivity index is 2.51. The number of allylic oxidation sites excluding steroid dienone is 1. The van der Waals surface area contributed by atoms with E-state index >= 15 is 0 Å². The highest BCUT2D eigenvalue weighted by Gasteiger charge is 2.26. The third-order valence-electron chi connectivity index (χ3n) is 2.39. The highest BCUT2D eigenvalue weighted by Crippen LogP contribution is 2.19. The van der Waals surface area contributed by atoms with Crippen LogP contribution in [0.15, 0.2) is 35.0 Å². The predicted molar refractivity (Wildman–Crippen MR) is 69.9 cm³/mol. The lowest BCUT2D eigenvalue weighted by Crippen LogP contribution is -2.37. The van der Waals surface area contributed by atoms with Gasteiger partial charge in [0.2, 0.25) is 5.91 Å². The van der Waals surface area contributed by atoms with Crippen molar-refractivity contribution in [2.45, 2.75) is 33.3 Å². The molecule has 1 rings (SSSR count). The van der Waals surface area contributed by atoms with Gasteiger partial charge in [-0.2, -0.15) is 0 Å². The summed E-state index contributed by atoms with van der Waals surface area (Å²) in [6.45, 7) is 7.73. The summed E-state index contributed by atoms with van der Waals surface area (Å²) < 4.78 is 5.13. The quantitative estimate of drug-likeness (QED) is 0.806. The fourth-order valence-electron chi connectivity index (χ4n) is 1.32. The minimum Gasteiger partial charge on any atom is -0.466 e. The molecule has 4 nitrogen and oxygen atoms in total. The second-order valence-electron chi connectivity index (χ2n) is 5.67. The summed E-state index contributed by atoms with van der Waals surface area (Å²) in [5, 5.41) is 12.8. The standard InChI is InChI=1S/C14H21NO3/c1-13(2,3)8-7-12(16)15-10-14(4,17)11-6-5-9-18-11/h5-9,17H,10H2,1-4H3,(H,15,16). The van der Waals surface area contributed by atoms with Gasteiger partial charge in [-0.3, -0.25) is 4.79 Å². The van der Waals surface area contributed by atoms with Crippen molar-refractivity contribution in [1.29, 1.82) is 0 Å². The van der Waals surface area contributed by atoms with E-state index in [2.05, 4.69) is 5.32 Å². The molecule has 0 fully saturated rings. The van der Waals surface area contributed by atoms with Crippen LogP contribution in [0.4, 0.5) is 0 Å². The summed E-state index contributed by atoms with van der Waals surface area (Å²) >= 11 is 0. The van der Waals surface area contributed by atoms with E-state index in [0.29, 0.717) is 5.76 Å². The Morgan fingerprint density at radius 1 is 1.44 bits per heavy atom. The normalized spacial score (nSPS) is 15.6. The molecule has 0 saturated heterocycles. The Kier molecular flexibility index (Phi) is 4.35. The van der Waals surface area contributed by atoms with Crippen LogP contribution in [0.3, 0.4) is 0 Å². The second kappa shape index (κ2) is 5.40. The molecule has 0 aliphatic carbocycles. The van der Waals surface area contributed by atoms with Crippen LogP contribution in [0.1, 0.15) is 33.5 Å². The molecule has 0 spiro atoms. The fraction of sp³-hybridized carbons (Fsp3) is 0.500. The molecule has 1 unspecified atom stereocenters. The zero-order valence-electron chi connectivity index (χ0n) is 11.4. The van der Waals surface area contributed by atoms with Crippen molar-refractivity contribution in [3.05, 3.63) is 36.3 Å². The third kappa shape index (κ3) is 4.75. The molecule has 1 aromatic rings. The number of furan rings is 1. The Morgan fingerprint density at radius 2 is 2.11 bits per heavy atom. The van der Waals surface area contributed by atoms with Crippen molar-refractivity contribution in [3.63, 3.8) is 0 Å². The van der Waals surface area contributed by atoms with Crippen molar-refractivity contribution in [1.82, 2.24) is 5.32 Å². The minimum absolute atomic E-state index is 0.0408. The number of amides is 1. The monoisotopic (exact) mass is 251 g/mol. The van der Waals surface area contributed by atoms with Crippen LogP contribution in [0, 0.1) is 5.41 Å². The lowest BCUT2D eigenvalue weighted by atomic mass is 9.96. The first kappa shape index (κ1) is 14.5. The van der Waals surface area contributed by atoms with Gasteiger partial charge >= 0.3 is 0 Å². The van der Waals surface area contributed by atoms with Gasteiger partial charge in [-0.25, -0.2) is 0 Å². The number of carbonyl (C=O) groups excluding carboxylic acids is 1. The van der Waals surface area contributed by atoms with Gasteiger partial charge in [-0.15, -0.1) is 0 Å². The highest BCUT2D eigenvalue weighted by molar-refractivity contribution is 5.87. The first-order valence-corrected chi connectivity index (χ1v) is 5.94. The average Bonchev–Trinajstić information content (AvgIpc) is 2.76. The van der Waals surface area contributed by atoms with E-state index in [0.717, 1.165) is 0 Å². The lowest BCUT2D eigenvalue weighted by molar-refractivity contribution is -0.117. The molecule has 1 heterocycles. The van der Waals surface area contributed by atoms with Gasteiger partial charge in [0.25, 0.3) is 0 Å². The minimum atomic E-state index is -1.20. The van der Waals surface area contributed by atoms with Crippen LogP contribution in [-0.2, 0) is 10.4 Å². The van der Waals surface area contributed by atoms with Crippen LogP contribution < -0.4 is 5.32 Å². The lowest BCUT2D eigenvalue weighted by Gasteiger charge is -2.20. The van der Waals surface area contributed by atoms with E-state index in [1.165, 1.54) is 12.3 Å². The number of carbonyl (C=O) groups is 1. The maximum absolute atomic E-state index is 11.6. The van der Waals surface area contributed by atoms with Crippen LogP contribution in [0.2, 0.25) is 0 Å². The maximum Gasteiger partial charge on any atom is 0.243 e. The van der Waals surface area contributed by atoms with E-state index in [9.17, 15) is 9.90 Å². The molecule has 1 aromatic heterocycles. The SMILES string of the molecule is CC(C)(C)C=CC(=O)NCC(C)(O)c1ccco1. The van der Waals surface area contributed by atoms with Crippen molar-refractivity contribution >= 4 is 5.91 Å². The predicted octanol–water partition coefficient (Wildman–Crippen LogP) is 2.21. The van der Waals surface area contributed by atoms with Gasteiger partial charge < -0.3 is 14.8 Å². The zero-order valence-corrected chi connectivity index (χ0v) is 11.4. The highest BCUT2D eigenvalue weighted by atomic mass is 16.4. The molecule has 0 bridgehead atoms. The van der Waals surface area contributed by atoms with E-state index in [1.807, 2.05) is 26.8 Å². The zero-order chi connectivity index (χ0) is 13.8. The number of hydrogen-bond donors (Lipinski definition) is 2. The van der Waals surface area contributed by atoms with Crippen LogP contribution >= 0.6 is 0 Å². The first-order valence-electron chi connectivity index (χ1n) is 5.94. The summed E-state index contributed by atoms with van der Waals surface area (Å²) in [6.07, 6.45) is 4.80. The van der Waals surface area contributed by atoms with Crippen molar-refractivity contribution < 1.29 is 14.3 Å². The Morgan fingerprint density at radius 3 is 2.61 bits per heavy atom. The van der Waals surface area contributed by atoms with Gasteiger partial charge in [0.1, 0.15) is 11.4 Å². The first-order chi connectivity index (χ1) is 8.21. The molecular formula is C14H21NO3. The largest absolute Gasteiger partial charge is 0.466 e. The topological polar surface area (TPSA) is 62.5 Å². The summed E-state index contributed by atoms with van der Waals surface area (Å²) in [4.78, 5) is 11.6. The van der Waals surface area contributed by atoms with E-state index in [4.69, 9.17) is 4.42 Å². The van der Waals surface area contributed by atoms with E-state index < -0.39 is 5.60 Å². The molecule has 1 atom stereocenters. The third-order valence-corrected chi connectivity index (χ3v) is 2.39. The summed E-state index contributed by atoms with van der Waals surface area (Å²) in [5.41, 5.74) is -1.24. The number of aliphatic hydroxyl groups is 1. The summed E-state index contributed by atoms with van der Waals surface area (Å²) in [7, 11) is 0. The van der Waals surface area contributed by atoms with Crippen molar-refractivity contribution in [2.75, 3.05) is 6.54 Å². The molecule has 0 aliphatic rings. The number of rotatable bonds is 4. The molecule has 100 valence electrons. The molecule has 0 aliphatic heterocycles. The van der Waals surface area contributed by atoms with E-state index in [-0.39, 0.29) is 17.9 Å². The van der Waals surface area contributed by atoms with Gasteiger partial charge in [-0.05, 0) is 30.5 Å². The molecule has 18 heavy (non-hydrogen) atoms. The molecule has 4 heteroatoms. The molecule has 0 aromatic carbocycles. The number of hydrogen-bond acceptors (Lipinski definition) is 3. The Bertz CT molecular complexity index is 411. The Hall–Kier alpha value is -1.55. The van der Waals surface area contributed by atoms with Crippen LogP contribution in [0.5, 0.6) is 0 Å². The smallest absolute Gasteiger partial charge is 0.243 e. The van der Waals surface area contributed by atoms with E-state index in [1.54, 1.807) is 19.1 Å². The van der Waals surface area contributed by atoms with Gasteiger partial charge in [0, 0.05) is 0 Å². The van der Waals surface area contributed by atoms with Gasteiger partial charge in [0.05, 0.1) is 12.8 Å². The van der Waals surface area contributed by atoms with Crippen molar-refractivity contribution in [3.8, 4) is 0 Å². The van der Waals surface area contributed by atoms with Crippen molar-refractivity contribution in [2.24, 2.45) is 5.41 Å². The van der Waals surface area contributed by atoms with Gasteiger partial charge in [-0.1, -0.05) is 26.8 Å². The fourth-order valence-corrected chi connectivity index (χ4v) is 1.32.